The molecule has 0 aliphatic heterocycles. The minimum Gasteiger partial charge on any atom is -0.456 e. The van der Waals surface area contributed by atoms with Crippen LogP contribution in [0.3, 0.4) is 0 Å². The number of fused-ring (bicyclic) bond motifs is 6. The molecule has 7 heterocycles. The third-order valence-corrected chi connectivity index (χ3v) is 11.1. The van der Waals surface area contributed by atoms with Crippen LogP contribution in [0, 0.1) is 0 Å². The molecule has 0 spiro atoms. The smallest absolute Gasteiger partial charge is 0.169 e. The molecule has 0 radical (unpaired) electrons. The van der Waals surface area contributed by atoms with Crippen LogP contribution in [0.2, 0.25) is 0 Å². The first-order chi connectivity index (χ1) is 30.2. The Morgan fingerprint density at radius 3 is 1.39 bits per heavy atom. The summed E-state index contributed by atoms with van der Waals surface area (Å²) in [6.07, 6.45) is 9.43. The van der Waals surface area contributed by atoms with Crippen molar-refractivity contribution in [3.8, 4) is 56.8 Å². The number of hydrogen-bond donors (Lipinski definition) is 0. The molecule has 288 valence electrons. The summed E-state index contributed by atoms with van der Waals surface area (Å²) in [4.78, 5) is 13.7. The number of pyridine rings is 3. The van der Waals surface area contributed by atoms with Crippen molar-refractivity contribution in [2.75, 3.05) is 0 Å². The molecule has 7 aromatic heterocycles. The number of rotatable bonds is 8. The largest absolute Gasteiger partial charge is 0.456 e. The number of aromatic nitrogens is 9. The van der Waals surface area contributed by atoms with Gasteiger partial charge in [-0.15, -0.1) is 20.4 Å². The van der Waals surface area contributed by atoms with Crippen molar-refractivity contribution >= 4 is 43.9 Å². The van der Waals surface area contributed by atoms with E-state index in [0.29, 0.717) is 23.3 Å². The molecule has 12 rings (SSSR count). The first kappa shape index (κ1) is 34.5. The monoisotopic (exact) mass is 789 g/mol. The Morgan fingerprint density at radius 2 is 0.869 bits per heavy atom. The Morgan fingerprint density at radius 1 is 0.393 bits per heavy atom. The van der Waals surface area contributed by atoms with Crippen molar-refractivity contribution in [3.05, 3.63) is 188 Å². The lowest BCUT2D eigenvalue weighted by Crippen LogP contribution is -2.01. The quantitative estimate of drug-likeness (QED) is 0.148. The second-order valence-corrected chi connectivity index (χ2v) is 14.9. The fourth-order valence-corrected chi connectivity index (χ4v) is 8.22. The predicted octanol–water partition coefficient (Wildman–Crippen LogP) is 11.1. The van der Waals surface area contributed by atoms with Crippen molar-refractivity contribution in [2.24, 2.45) is 0 Å². The molecular formula is C50H31N9O2. The molecule has 0 unspecified atom stereocenters. The molecule has 5 aromatic carbocycles. The maximum absolute atomic E-state index is 6.41. The minimum atomic E-state index is 0.639. The Bertz CT molecular complexity index is 3480. The predicted molar refractivity (Wildman–Crippen MR) is 235 cm³/mol. The van der Waals surface area contributed by atoms with Gasteiger partial charge in [0.1, 0.15) is 46.6 Å². The van der Waals surface area contributed by atoms with Crippen LogP contribution in [0.4, 0.5) is 0 Å². The molecule has 0 N–H and O–H groups in total. The maximum atomic E-state index is 6.41. The van der Waals surface area contributed by atoms with Crippen LogP contribution in [-0.2, 0) is 6.42 Å². The average Bonchev–Trinajstić information content (AvgIpc) is 4.15. The van der Waals surface area contributed by atoms with E-state index in [-0.39, 0.29) is 0 Å². The number of hydrogen-bond acceptors (Lipinski definition) is 9. The summed E-state index contributed by atoms with van der Waals surface area (Å²) in [6.45, 7) is 0. The van der Waals surface area contributed by atoms with Crippen molar-refractivity contribution in [2.45, 2.75) is 6.42 Å². The highest BCUT2D eigenvalue weighted by atomic mass is 16.3. The van der Waals surface area contributed by atoms with Gasteiger partial charge in [-0.2, -0.15) is 0 Å². The second-order valence-electron chi connectivity index (χ2n) is 14.9. The molecule has 0 amide bonds. The van der Waals surface area contributed by atoms with Crippen LogP contribution in [0.5, 0.6) is 0 Å². The molecular weight excluding hydrogens is 759 g/mol. The first-order valence-electron chi connectivity index (χ1n) is 19.8. The summed E-state index contributed by atoms with van der Waals surface area (Å²) in [5, 5.41) is 21.9. The highest BCUT2D eigenvalue weighted by Crippen LogP contribution is 2.38. The molecule has 0 bridgehead atoms. The van der Waals surface area contributed by atoms with Gasteiger partial charge < -0.3 is 8.83 Å². The van der Waals surface area contributed by atoms with E-state index in [1.54, 1.807) is 25.0 Å². The molecule has 0 fully saturated rings. The third-order valence-electron chi connectivity index (χ3n) is 11.1. The summed E-state index contributed by atoms with van der Waals surface area (Å²) >= 11 is 0. The Balaban J connectivity index is 0.945. The first-order valence-corrected chi connectivity index (χ1v) is 19.8. The number of nitrogens with zero attached hydrogens (tertiary/aromatic N) is 9. The van der Waals surface area contributed by atoms with E-state index < -0.39 is 0 Å². The highest BCUT2D eigenvalue weighted by Gasteiger charge is 2.19. The topological polar surface area (TPSA) is 126 Å². The number of benzene rings is 5. The van der Waals surface area contributed by atoms with Crippen molar-refractivity contribution in [1.29, 1.82) is 0 Å². The van der Waals surface area contributed by atoms with Gasteiger partial charge in [-0.1, -0.05) is 36.4 Å². The Kier molecular flexibility index (Phi) is 7.95. The number of furan rings is 2. The molecule has 12 aromatic rings. The van der Waals surface area contributed by atoms with Gasteiger partial charge in [-0.3, -0.25) is 14.1 Å². The van der Waals surface area contributed by atoms with Gasteiger partial charge in [0.05, 0.1) is 5.69 Å². The zero-order valence-electron chi connectivity index (χ0n) is 32.3. The zero-order chi connectivity index (χ0) is 40.3. The van der Waals surface area contributed by atoms with Gasteiger partial charge in [0.2, 0.25) is 0 Å². The average molecular weight is 790 g/mol. The fourth-order valence-electron chi connectivity index (χ4n) is 8.22. The molecule has 0 aliphatic rings. The molecule has 11 heteroatoms. The Hall–Kier alpha value is -8.57. The van der Waals surface area contributed by atoms with Crippen LogP contribution >= 0.6 is 0 Å². The van der Waals surface area contributed by atoms with Gasteiger partial charge in [0.25, 0.3) is 0 Å². The zero-order valence-corrected chi connectivity index (χ0v) is 32.3. The van der Waals surface area contributed by atoms with Gasteiger partial charge >= 0.3 is 0 Å². The Labute approximate surface area is 347 Å². The van der Waals surface area contributed by atoms with Gasteiger partial charge in [0.15, 0.2) is 11.6 Å². The van der Waals surface area contributed by atoms with Crippen molar-refractivity contribution in [1.82, 2.24) is 44.5 Å². The van der Waals surface area contributed by atoms with Gasteiger partial charge in [-0.25, -0.2) is 9.97 Å². The fraction of sp³-hybridized carbons (Fsp3) is 0.0200. The van der Waals surface area contributed by atoms with E-state index in [4.69, 9.17) is 8.83 Å². The van der Waals surface area contributed by atoms with Gasteiger partial charge in [-0.05, 0) is 138 Å². The molecule has 0 aliphatic carbocycles. The second kappa shape index (κ2) is 14.1. The summed E-state index contributed by atoms with van der Waals surface area (Å²) in [7, 11) is 0. The van der Waals surface area contributed by atoms with E-state index in [1.165, 1.54) is 11.1 Å². The summed E-state index contributed by atoms with van der Waals surface area (Å²) in [6, 6.07) is 49.3. The van der Waals surface area contributed by atoms with Crippen LogP contribution in [-0.4, -0.2) is 44.5 Å². The van der Waals surface area contributed by atoms with Crippen LogP contribution in [0.1, 0.15) is 11.1 Å². The van der Waals surface area contributed by atoms with E-state index >= 15 is 0 Å². The summed E-state index contributed by atoms with van der Waals surface area (Å²) < 4.78 is 16.4. The molecule has 61 heavy (non-hydrogen) atoms. The lowest BCUT2D eigenvalue weighted by atomic mass is 9.96. The molecule has 0 saturated heterocycles. The van der Waals surface area contributed by atoms with E-state index in [2.05, 4.69) is 114 Å². The molecule has 0 atom stereocenters. The molecule has 0 saturated carbocycles. The van der Waals surface area contributed by atoms with E-state index in [0.717, 1.165) is 83.8 Å². The van der Waals surface area contributed by atoms with E-state index in [1.807, 2.05) is 82.1 Å². The van der Waals surface area contributed by atoms with Crippen LogP contribution < -0.4 is 0 Å². The third kappa shape index (κ3) is 6.11. The van der Waals surface area contributed by atoms with Crippen LogP contribution in [0.15, 0.2) is 186 Å². The molecule has 11 nitrogen and oxygen atoms in total. The minimum absolute atomic E-state index is 0.639. The maximum Gasteiger partial charge on any atom is 0.169 e. The van der Waals surface area contributed by atoms with Gasteiger partial charge in [0, 0.05) is 56.8 Å². The standard InChI is InChI=1S/C50H31N9O2/c1-4-18-51-42(7-1)34-13-17-46-41(28-34)39-23-32(11-15-44(39)61-46)21-31-10-14-43-38(22-31)40-27-33(12-16-45(40)60-43)35-24-36(49-56-54-29-58(49)47-8-2-5-19-52-47)26-37(25-35)50-57-55-30-59(50)48-9-3-6-20-53-48/h1-20,22-30H,21H2. The van der Waals surface area contributed by atoms with Crippen LogP contribution in [0.25, 0.3) is 101 Å². The SMILES string of the molecule is c1ccc(-c2ccc3oc4ccc(Cc5ccc6oc7ccc(-c8cc(-c9nncn9-c9ccccn9)cc(-c9nncn9-c9ccccn9)c8)cc7c6c5)cc4c3c2)nc1. The lowest BCUT2D eigenvalue weighted by Gasteiger charge is -2.12. The van der Waals surface area contributed by atoms with Crippen molar-refractivity contribution < 1.29 is 8.83 Å². The van der Waals surface area contributed by atoms with Crippen molar-refractivity contribution in [3.63, 3.8) is 0 Å². The summed E-state index contributed by atoms with van der Waals surface area (Å²) in [5.41, 5.74) is 11.3. The summed E-state index contributed by atoms with van der Waals surface area (Å²) in [5.74, 6) is 2.70. The highest BCUT2D eigenvalue weighted by molar-refractivity contribution is 6.08. The normalized spacial score (nSPS) is 11.7. The van der Waals surface area contributed by atoms with E-state index in [9.17, 15) is 0 Å². The lowest BCUT2D eigenvalue weighted by molar-refractivity contribution is 0.668.